The van der Waals surface area contributed by atoms with Crippen LogP contribution in [0.1, 0.15) is 29.2 Å². The molecule has 0 aliphatic carbocycles. The lowest BCUT2D eigenvalue weighted by atomic mass is 9.94. The van der Waals surface area contributed by atoms with E-state index in [4.69, 9.17) is 22.1 Å². The molecule has 2 aromatic carbocycles. The fraction of sp³-hybridized carbons (Fsp3) is 0.278. The molecule has 122 valence electrons. The molecule has 3 N–H and O–H groups in total. The van der Waals surface area contributed by atoms with Crippen molar-refractivity contribution in [1.29, 1.82) is 0 Å². The van der Waals surface area contributed by atoms with Crippen molar-refractivity contribution >= 4 is 17.5 Å². The van der Waals surface area contributed by atoms with Gasteiger partial charge >= 0.3 is 0 Å². The van der Waals surface area contributed by atoms with Gasteiger partial charge in [-0.15, -0.1) is 0 Å². The minimum absolute atomic E-state index is 0.104. The largest absolute Gasteiger partial charge is 0.497 e. The number of aryl methyl sites for hydroxylation is 1. The topological polar surface area (TPSA) is 64.3 Å². The standard InChI is InChI=1S/C18H21ClN2O2/c1-12-11-13(23-2)7-8-14(12)18(21-17(22)9-10-20)15-5-3-4-6-16(15)19/h3-8,11,18H,9-10,20H2,1-2H3,(H,21,22). The highest BCUT2D eigenvalue weighted by Crippen LogP contribution is 2.31. The molecule has 0 bridgehead atoms. The maximum Gasteiger partial charge on any atom is 0.222 e. The van der Waals surface area contributed by atoms with E-state index in [2.05, 4.69) is 5.32 Å². The molecule has 2 aromatic rings. The summed E-state index contributed by atoms with van der Waals surface area (Å²) >= 11 is 6.34. The van der Waals surface area contributed by atoms with E-state index in [1.54, 1.807) is 7.11 Å². The second-order valence-corrected chi connectivity index (χ2v) is 5.69. The van der Waals surface area contributed by atoms with Gasteiger partial charge in [-0.1, -0.05) is 35.9 Å². The summed E-state index contributed by atoms with van der Waals surface area (Å²) in [7, 11) is 1.63. The number of benzene rings is 2. The fourth-order valence-corrected chi connectivity index (χ4v) is 2.74. The number of carbonyl (C=O) groups excluding carboxylic acids is 1. The molecule has 0 heterocycles. The van der Waals surface area contributed by atoms with Crippen LogP contribution in [0.2, 0.25) is 5.02 Å². The van der Waals surface area contributed by atoms with Gasteiger partial charge in [-0.3, -0.25) is 4.79 Å². The van der Waals surface area contributed by atoms with Crippen molar-refractivity contribution < 1.29 is 9.53 Å². The van der Waals surface area contributed by atoms with Crippen LogP contribution in [0.5, 0.6) is 5.75 Å². The second-order valence-electron chi connectivity index (χ2n) is 5.28. The summed E-state index contributed by atoms with van der Waals surface area (Å²) < 4.78 is 5.25. The van der Waals surface area contributed by atoms with E-state index in [1.165, 1.54) is 0 Å². The first-order valence-corrected chi connectivity index (χ1v) is 7.83. The lowest BCUT2D eigenvalue weighted by Crippen LogP contribution is -2.31. The molecule has 0 radical (unpaired) electrons. The number of hydrogen-bond donors (Lipinski definition) is 2. The maximum atomic E-state index is 12.1. The molecule has 0 saturated heterocycles. The van der Waals surface area contributed by atoms with Crippen LogP contribution in [-0.4, -0.2) is 19.6 Å². The first-order valence-electron chi connectivity index (χ1n) is 7.45. The average molecular weight is 333 g/mol. The summed E-state index contributed by atoms with van der Waals surface area (Å²) in [6.07, 6.45) is 0.274. The van der Waals surface area contributed by atoms with E-state index in [1.807, 2.05) is 49.4 Å². The molecule has 1 atom stereocenters. The molecule has 0 saturated carbocycles. The highest BCUT2D eigenvalue weighted by atomic mass is 35.5. The van der Waals surface area contributed by atoms with Crippen LogP contribution < -0.4 is 15.8 Å². The predicted molar refractivity (Wildman–Crippen MR) is 92.8 cm³/mol. The number of halogens is 1. The lowest BCUT2D eigenvalue weighted by molar-refractivity contribution is -0.121. The van der Waals surface area contributed by atoms with Gasteiger partial charge in [0.25, 0.3) is 0 Å². The van der Waals surface area contributed by atoms with Gasteiger partial charge in [0.05, 0.1) is 13.2 Å². The Morgan fingerprint density at radius 3 is 2.61 bits per heavy atom. The quantitative estimate of drug-likeness (QED) is 0.853. The molecule has 0 aliphatic rings. The molecule has 5 heteroatoms. The summed E-state index contributed by atoms with van der Waals surface area (Å²) in [5, 5.41) is 3.64. The zero-order chi connectivity index (χ0) is 16.8. The van der Waals surface area contributed by atoms with E-state index in [-0.39, 0.29) is 18.4 Å². The van der Waals surface area contributed by atoms with Crippen LogP contribution >= 0.6 is 11.6 Å². The predicted octanol–water partition coefficient (Wildman–Crippen LogP) is 3.21. The van der Waals surface area contributed by atoms with Gasteiger partial charge in [0, 0.05) is 18.0 Å². The third kappa shape index (κ3) is 4.24. The minimum atomic E-state index is -0.325. The van der Waals surface area contributed by atoms with Crippen molar-refractivity contribution in [3.05, 3.63) is 64.2 Å². The lowest BCUT2D eigenvalue weighted by Gasteiger charge is -2.23. The van der Waals surface area contributed by atoms with Crippen LogP contribution in [0.15, 0.2) is 42.5 Å². The third-order valence-corrected chi connectivity index (χ3v) is 4.03. The Morgan fingerprint density at radius 1 is 1.26 bits per heavy atom. The monoisotopic (exact) mass is 332 g/mol. The molecule has 1 amide bonds. The molecule has 1 unspecified atom stereocenters. The molecule has 23 heavy (non-hydrogen) atoms. The number of hydrogen-bond acceptors (Lipinski definition) is 3. The Kier molecular flexibility index (Phi) is 6.02. The number of rotatable bonds is 6. The summed E-state index contributed by atoms with van der Waals surface area (Å²) in [6.45, 7) is 2.29. The van der Waals surface area contributed by atoms with Crippen LogP contribution in [0.25, 0.3) is 0 Å². The number of amides is 1. The molecular weight excluding hydrogens is 312 g/mol. The highest BCUT2D eigenvalue weighted by Gasteiger charge is 2.20. The Balaban J connectivity index is 2.45. The van der Waals surface area contributed by atoms with Crippen molar-refractivity contribution in [3.63, 3.8) is 0 Å². The number of nitrogens with one attached hydrogen (secondary N) is 1. The molecule has 0 spiro atoms. The molecule has 4 nitrogen and oxygen atoms in total. The Morgan fingerprint density at radius 2 is 2.00 bits per heavy atom. The zero-order valence-electron chi connectivity index (χ0n) is 13.3. The van der Waals surface area contributed by atoms with E-state index < -0.39 is 0 Å². The summed E-state index contributed by atoms with van der Waals surface area (Å²) in [6, 6.07) is 12.9. The van der Waals surface area contributed by atoms with Crippen LogP contribution in [0.3, 0.4) is 0 Å². The Hall–Kier alpha value is -2.04. The van der Waals surface area contributed by atoms with Crippen LogP contribution in [0, 0.1) is 6.92 Å². The van der Waals surface area contributed by atoms with Gasteiger partial charge in [0.2, 0.25) is 5.91 Å². The second kappa shape index (κ2) is 7.99. The van der Waals surface area contributed by atoms with Crippen molar-refractivity contribution in [2.75, 3.05) is 13.7 Å². The number of methoxy groups -OCH3 is 1. The van der Waals surface area contributed by atoms with Gasteiger partial charge in [-0.05, 0) is 41.8 Å². The van der Waals surface area contributed by atoms with E-state index in [0.717, 1.165) is 22.4 Å². The van der Waals surface area contributed by atoms with Gasteiger partial charge in [-0.2, -0.15) is 0 Å². The van der Waals surface area contributed by atoms with Crippen molar-refractivity contribution in [1.82, 2.24) is 5.32 Å². The van der Waals surface area contributed by atoms with E-state index in [0.29, 0.717) is 11.6 Å². The summed E-state index contributed by atoms with van der Waals surface area (Å²) in [5.74, 6) is 0.671. The SMILES string of the molecule is COc1ccc(C(NC(=O)CCN)c2ccccc2Cl)c(C)c1. The highest BCUT2D eigenvalue weighted by molar-refractivity contribution is 6.31. The molecule has 0 fully saturated rings. The Bertz CT molecular complexity index is 688. The van der Waals surface area contributed by atoms with Gasteiger partial charge in [0.15, 0.2) is 0 Å². The van der Waals surface area contributed by atoms with E-state index in [9.17, 15) is 4.79 Å². The van der Waals surface area contributed by atoms with Gasteiger partial charge in [0.1, 0.15) is 5.75 Å². The maximum absolute atomic E-state index is 12.1. The number of nitrogens with two attached hydrogens (primary N) is 1. The minimum Gasteiger partial charge on any atom is -0.497 e. The first kappa shape index (κ1) is 17.3. The normalized spacial score (nSPS) is 11.8. The zero-order valence-corrected chi connectivity index (χ0v) is 14.1. The van der Waals surface area contributed by atoms with Crippen molar-refractivity contribution in [2.24, 2.45) is 5.73 Å². The van der Waals surface area contributed by atoms with Crippen molar-refractivity contribution in [2.45, 2.75) is 19.4 Å². The average Bonchev–Trinajstić information content (AvgIpc) is 2.54. The van der Waals surface area contributed by atoms with Gasteiger partial charge in [-0.25, -0.2) is 0 Å². The molecule has 0 aromatic heterocycles. The molecule has 2 rings (SSSR count). The number of carbonyl (C=O) groups is 1. The Labute approximate surface area is 141 Å². The van der Waals surface area contributed by atoms with Crippen molar-refractivity contribution in [3.8, 4) is 5.75 Å². The molecule has 0 aliphatic heterocycles. The molecular formula is C18H21ClN2O2. The third-order valence-electron chi connectivity index (χ3n) is 3.68. The smallest absolute Gasteiger partial charge is 0.222 e. The van der Waals surface area contributed by atoms with Crippen LogP contribution in [-0.2, 0) is 4.79 Å². The first-order chi connectivity index (χ1) is 11.1. The summed E-state index contributed by atoms with van der Waals surface area (Å²) in [4.78, 5) is 12.1. The van der Waals surface area contributed by atoms with E-state index >= 15 is 0 Å². The van der Waals surface area contributed by atoms with Crippen LogP contribution in [0.4, 0.5) is 0 Å². The number of ether oxygens (including phenoxy) is 1. The summed E-state index contributed by atoms with van der Waals surface area (Å²) in [5.41, 5.74) is 8.32. The van der Waals surface area contributed by atoms with Gasteiger partial charge < -0.3 is 15.8 Å². The fourth-order valence-electron chi connectivity index (χ4n) is 2.50.